The number of hydrogen-bond acceptors (Lipinski definition) is 3. The van der Waals surface area contributed by atoms with Gasteiger partial charge >= 0.3 is 5.97 Å². The van der Waals surface area contributed by atoms with E-state index < -0.39 is 0 Å². The number of rotatable bonds is 2. The molecule has 0 fully saturated rings. The van der Waals surface area contributed by atoms with Crippen molar-refractivity contribution in [2.24, 2.45) is 7.05 Å². The van der Waals surface area contributed by atoms with Crippen LogP contribution in [0, 0.1) is 11.3 Å². The number of esters is 1. The predicted molar refractivity (Wildman–Crippen MR) is 63.6 cm³/mol. The van der Waals surface area contributed by atoms with Crippen molar-refractivity contribution >= 4 is 16.9 Å². The molecule has 0 saturated heterocycles. The number of nitrogens with zero attached hydrogens (tertiary/aromatic N) is 2. The zero-order chi connectivity index (χ0) is 12.4. The molecule has 0 aliphatic carbocycles. The van der Waals surface area contributed by atoms with E-state index in [1.807, 2.05) is 6.07 Å². The van der Waals surface area contributed by atoms with Crippen LogP contribution in [-0.4, -0.2) is 17.1 Å². The number of aromatic nitrogens is 1. The monoisotopic (exact) mass is 228 g/mol. The Hall–Kier alpha value is -2.28. The summed E-state index contributed by atoms with van der Waals surface area (Å²) in [7, 11) is 1.79. The fourth-order valence-electron chi connectivity index (χ4n) is 1.80. The van der Waals surface area contributed by atoms with E-state index in [1.54, 1.807) is 36.7 Å². The quantitative estimate of drug-likeness (QED) is 0.740. The van der Waals surface area contributed by atoms with Gasteiger partial charge in [-0.1, -0.05) is 6.07 Å². The number of carbonyl (C=O) groups is 1. The number of hydrogen-bond donors (Lipinski definition) is 0. The number of carbonyl (C=O) groups excluding carboxylic acids is 1. The summed E-state index contributed by atoms with van der Waals surface area (Å²) >= 11 is 0. The zero-order valence-electron chi connectivity index (χ0n) is 9.73. The number of nitriles is 1. The second-order valence-electron chi connectivity index (χ2n) is 3.69. The maximum atomic E-state index is 11.7. The molecular formula is C13H12N2O2. The fraction of sp³-hybridized carbons (Fsp3) is 0.231. The van der Waals surface area contributed by atoms with Crippen molar-refractivity contribution < 1.29 is 9.53 Å². The highest BCUT2D eigenvalue weighted by Crippen LogP contribution is 2.20. The van der Waals surface area contributed by atoms with Gasteiger partial charge in [0.2, 0.25) is 0 Å². The molecule has 0 aliphatic rings. The molecule has 0 aliphatic heterocycles. The van der Waals surface area contributed by atoms with Crippen LogP contribution in [0.1, 0.15) is 23.0 Å². The molecule has 4 heteroatoms. The molecule has 0 unspecified atom stereocenters. The molecule has 2 aromatic rings. The predicted octanol–water partition coefficient (Wildman–Crippen LogP) is 2.23. The smallest absolute Gasteiger partial charge is 0.354 e. The minimum atomic E-state index is -0.343. The van der Waals surface area contributed by atoms with Gasteiger partial charge in [0.05, 0.1) is 18.2 Å². The fourth-order valence-corrected chi connectivity index (χ4v) is 1.80. The van der Waals surface area contributed by atoms with Crippen molar-refractivity contribution in [1.29, 1.82) is 5.26 Å². The molecule has 0 saturated carbocycles. The summed E-state index contributed by atoms with van der Waals surface area (Å²) in [6, 6.07) is 9.18. The van der Waals surface area contributed by atoms with Gasteiger partial charge in [0.15, 0.2) is 0 Å². The van der Waals surface area contributed by atoms with E-state index in [4.69, 9.17) is 10.00 Å². The molecule has 17 heavy (non-hydrogen) atoms. The standard InChI is InChI=1S/C13H12N2O2/c1-3-17-13(16)12-7-10-5-4-9(8-14)6-11(10)15(12)2/h4-7H,3H2,1-2H3. The summed E-state index contributed by atoms with van der Waals surface area (Å²) in [6.45, 7) is 2.12. The van der Waals surface area contributed by atoms with Crippen molar-refractivity contribution in [3.8, 4) is 6.07 Å². The average Bonchev–Trinajstić information content (AvgIpc) is 2.67. The summed E-state index contributed by atoms with van der Waals surface area (Å²) in [4.78, 5) is 11.7. The van der Waals surface area contributed by atoms with Gasteiger partial charge in [-0.2, -0.15) is 5.26 Å². The van der Waals surface area contributed by atoms with E-state index in [1.165, 1.54) is 0 Å². The molecule has 86 valence electrons. The number of ether oxygens (including phenoxy) is 1. The van der Waals surface area contributed by atoms with Crippen molar-refractivity contribution in [3.05, 3.63) is 35.5 Å². The lowest BCUT2D eigenvalue weighted by Crippen LogP contribution is -2.09. The molecule has 0 spiro atoms. The molecule has 1 heterocycles. The summed E-state index contributed by atoms with van der Waals surface area (Å²) in [5, 5.41) is 9.76. The summed E-state index contributed by atoms with van der Waals surface area (Å²) in [5.41, 5.74) is 1.93. The highest BCUT2D eigenvalue weighted by molar-refractivity contribution is 5.95. The van der Waals surface area contributed by atoms with Crippen LogP contribution in [0.4, 0.5) is 0 Å². The Morgan fingerprint density at radius 1 is 1.47 bits per heavy atom. The molecular weight excluding hydrogens is 216 g/mol. The number of benzene rings is 1. The van der Waals surface area contributed by atoms with Gasteiger partial charge < -0.3 is 9.30 Å². The minimum Gasteiger partial charge on any atom is -0.461 e. The first-order valence-corrected chi connectivity index (χ1v) is 5.34. The van der Waals surface area contributed by atoms with Crippen molar-refractivity contribution in [2.75, 3.05) is 6.61 Å². The maximum absolute atomic E-state index is 11.7. The van der Waals surface area contributed by atoms with E-state index >= 15 is 0 Å². The van der Waals surface area contributed by atoms with Gasteiger partial charge in [-0.3, -0.25) is 0 Å². The van der Waals surface area contributed by atoms with Crippen molar-refractivity contribution in [2.45, 2.75) is 6.92 Å². The van der Waals surface area contributed by atoms with Crippen LogP contribution in [0.15, 0.2) is 24.3 Å². The molecule has 0 amide bonds. The van der Waals surface area contributed by atoms with Gasteiger partial charge in [0.25, 0.3) is 0 Å². The lowest BCUT2D eigenvalue weighted by molar-refractivity contribution is 0.0516. The van der Waals surface area contributed by atoms with Crippen LogP contribution in [0.5, 0.6) is 0 Å². The van der Waals surface area contributed by atoms with Crippen LogP contribution < -0.4 is 0 Å². The molecule has 0 bridgehead atoms. The largest absolute Gasteiger partial charge is 0.461 e. The molecule has 0 N–H and O–H groups in total. The minimum absolute atomic E-state index is 0.343. The van der Waals surface area contributed by atoms with Crippen LogP contribution in [0.25, 0.3) is 10.9 Å². The maximum Gasteiger partial charge on any atom is 0.354 e. The molecule has 0 atom stereocenters. The topological polar surface area (TPSA) is 55.0 Å². The second kappa shape index (κ2) is 4.30. The third-order valence-corrected chi connectivity index (χ3v) is 2.66. The third kappa shape index (κ3) is 1.87. The van der Waals surface area contributed by atoms with Crippen molar-refractivity contribution in [3.63, 3.8) is 0 Å². The van der Waals surface area contributed by atoms with Gasteiger partial charge in [-0.05, 0) is 25.1 Å². The Kier molecular flexibility index (Phi) is 2.84. The number of aryl methyl sites for hydroxylation is 1. The Bertz CT molecular complexity index is 620. The normalized spacial score (nSPS) is 10.2. The Balaban J connectivity index is 2.57. The Morgan fingerprint density at radius 3 is 2.88 bits per heavy atom. The third-order valence-electron chi connectivity index (χ3n) is 2.66. The first-order valence-electron chi connectivity index (χ1n) is 5.34. The van der Waals surface area contributed by atoms with Crippen LogP contribution in [0.3, 0.4) is 0 Å². The van der Waals surface area contributed by atoms with Gasteiger partial charge in [-0.15, -0.1) is 0 Å². The van der Waals surface area contributed by atoms with Crippen LogP contribution in [-0.2, 0) is 11.8 Å². The van der Waals surface area contributed by atoms with E-state index in [-0.39, 0.29) is 5.97 Å². The molecule has 1 aromatic heterocycles. The van der Waals surface area contributed by atoms with E-state index in [0.717, 1.165) is 10.9 Å². The molecule has 0 radical (unpaired) electrons. The van der Waals surface area contributed by atoms with E-state index in [9.17, 15) is 4.79 Å². The van der Waals surface area contributed by atoms with Gasteiger partial charge in [0, 0.05) is 18.0 Å². The highest BCUT2D eigenvalue weighted by Gasteiger charge is 2.14. The highest BCUT2D eigenvalue weighted by atomic mass is 16.5. The Morgan fingerprint density at radius 2 is 2.24 bits per heavy atom. The zero-order valence-corrected chi connectivity index (χ0v) is 9.73. The van der Waals surface area contributed by atoms with E-state index in [2.05, 4.69) is 6.07 Å². The lowest BCUT2D eigenvalue weighted by atomic mass is 10.2. The second-order valence-corrected chi connectivity index (χ2v) is 3.69. The summed E-state index contributed by atoms with van der Waals surface area (Å²) in [5.74, 6) is -0.343. The molecule has 4 nitrogen and oxygen atoms in total. The summed E-state index contributed by atoms with van der Waals surface area (Å²) in [6.07, 6.45) is 0. The van der Waals surface area contributed by atoms with Crippen LogP contribution in [0.2, 0.25) is 0 Å². The average molecular weight is 228 g/mol. The first-order chi connectivity index (χ1) is 8.17. The molecule has 2 rings (SSSR count). The van der Waals surface area contributed by atoms with Gasteiger partial charge in [0.1, 0.15) is 5.69 Å². The Labute approximate surface area is 99.0 Å². The van der Waals surface area contributed by atoms with Gasteiger partial charge in [-0.25, -0.2) is 4.79 Å². The van der Waals surface area contributed by atoms with Crippen LogP contribution >= 0.6 is 0 Å². The molecule has 1 aromatic carbocycles. The SMILES string of the molecule is CCOC(=O)c1cc2ccc(C#N)cc2n1C. The summed E-state index contributed by atoms with van der Waals surface area (Å²) < 4.78 is 6.71. The first kappa shape index (κ1) is 11.2. The van der Waals surface area contributed by atoms with Crippen molar-refractivity contribution in [1.82, 2.24) is 4.57 Å². The number of fused-ring (bicyclic) bond motifs is 1. The lowest BCUT2D eigenvalue weighted by Gasteiger charge is -2.03. The van der Waals surface area contributed by atoms with E-state index in [0.29, 0.717) is 17.9 Å².